The van der Waals surface area contributed by atoms with Crippen molar-refractivity contribution in [1.29, 1.82) is 0 Å². The Morgan fingerprint density at radius 3 is 1.80 bits per heavy atom. The lowest BCUT2D eigenvalue weighted by Gasteiger charge is -2.35. The minimum Gasteiger partial charge on any atom is -0.289 e. The van der Waals surface area contributed by atoms with Gasteiger partial charge in [-0.15, -0.1) is 0 Å². The van der Waals surface area contributed by atoms with E-state index >= 15 is 0 Å². The molecule has 1 saturated heterocycles. The van der Waals surface area contributed by atoms with Crippen LogP contribution in [0.15, 0.2) is 0 Å². The van der Waals surface area contributed by atoms with Crippen LogP contribution in [0.4, 0.5) is 35.1 Å². The van der Waals surface area contributed by atoms with E-state index in [1.165, 1.54) is 11.8 Å². The van der Waals surface area contributed by atoms with Gasteiger partial charge in [-0.3, -0.25) is 4.90 Å². The Kier molecular flexibility index (Phi) is 6.76. The molecule has 1 aliphatic heterocycles. The minimum absolute atomic E-state index is 0.195. The van der Waals surface area contributed by atoms with Crippen LogP contribution in [0.5, 0.6) is 0 Å². The Morgan fingerprint density at radius 1 is 0.840 bits per heavy atom. The summed E-state index contributed by atoms with van der Waals surface area (Å²) >= 11 is 0. The summed E-state index contributed by atoms with van der Waals surface area (Å²) in [6.07, 6.45) is -5.16. The van der Waals surface area contributed by atoms with Crippen molar-refractivity contribution in [3.63, 3.8) is 0 Å². The van der Waals surface area contributed by atoms with Crippen LogP contribution in [0.1, 0.15) is 40.0 Å². The second kappa shape index (κ2) is 7.54. The zero-order chi connectivity index (χ0) is 19.7. The minimum atomic E-state index is -5.26. The van der Waals surface area contributed by atoms with E-state index in [9.17, 15) is 35.1 Å². The number of hydrogen-bond acceptors (Lipinski definition) is 2. The summed E-state index contributed by atoms with van der Waals surface area (Å²) < 4.78 is 111. The number of likely N-dealkylation sites (N-methyl/N-ethyl adjacent to an activating group) is 1. The molecule has 0 bridgehead atoms. The fourth-order valence-electron chi connectivity index (χ4n) is 2.58. The Hall–Kier alpha value is -0.640. The highest BCUT2D eigenvalue weighted by Crippen LogP contribution is 2.49. The summed E-state index contributed by atoms with van der Waals surface area (Å²) in [4.78, 5) is 1.90. The molecule has 1 fully saturated rings. The van der Waals surface area contributed by atoms with Crippen molar-refractivity contribution in [1.82, 2.24) is 9.80 Å². The van der Waals surface area contributed by atoms with Crippen LogP contribution in [-0.4, -0.2) is 59.9 Å². The fourth-order valence-corrected chi connectivity index (χ4v) is 2.58. The molecular formula is C15H24F8N2. The predicted octanol–water partition coefficient (Wildman–Crippen LogP) is 4.91. The number of hydrogen-bond donors (Lipinski definition) is 0. The average Bonchev–Trinajstić information content (AvgIpc) is 2.93. The summed E-state index contributed by atoms with van der Waals surface area (Å²) in [5, 5.41) is 0. The molecule has 0 aromatic rings. The van der Waals surface area contributed by atoms with Gasteiger partial charge in [-0.2, -0.15) is 26.3 Å². The molecule has 0 spiro atoms. The topological polar surface area (TPSA) is 6.48 Å². The van der Waals surface area contributed by atoms with Gasteiger partial charge in [0.05, 0.1) is 19.5 Å². The maximum Gasteiger partial charge on any atom is 0.317 e. The molecule has 0 aromatic heterocycles. The lowest BCUT2D eigenvalue weighted by atomic mass is 9.91. The van der Waals surface area contributed by atoms with Crippen molar-refractivity contribution in [2.75, 3.05) is 26.3 Å². The van der Waals surface area contributed by atoms with Crippen LogP contribution in [0, 0.1) is 5.92 Å². The average molecular weight is 384 g/mol. The highest BCUT2D eigenvalue weighted by Gasteiger charge is 2.65. The summed E-state index contributed by atoms with van der Waals surface area (Å²) in [6.45, 7) is 3.93. The molecule has 0 aliphatic carbocycles. The van der Waals surface area contributed by atoms with Crippen LogP contribution in [0.25, 0.3) is 0 Å². The quantitative estimate of drug-likeness (QED) is 0.412. The van der Waals surface area contributed by atoms with Gasteiger partial charge in [-0.1, -0.05) is 20.8 Å². The molecule has 1 rings (SSSR count). The predicted molar refractivity (Wildman–Crippen MR) is 77.3 cm³/mol. The molecule has 1 heterocycles. The lowest BCUT2D eigenvalue weighted by molar-refractivity contribution is -0.283. The van der Waals surface area contributed by atoms with Gasteiger partial charge in [0.15, 0.2) is 0 Å². The molecule has 25 heavy (non-hydrogen) atoms. The van der Waals surface area contributed by atoms with Crippen molar-refractivity contribution in [2.45, 2.75) is 63.8 Å². The van der Waals surface area contributed by atoms with E-state index in [1.54, 1.807) is 6.92 Å². The Morgan fingerprint density at radius 2 is 1.36 bits per heavy atom. The van der Waals surface area contributed by atoms with Crippen molar-refractivity contribution >= 4 is 0 Å². The van der Waals surface area contributed by atoms with Gasteiger partial charge < -0.3 is 0 Å². The van der Waals surface area contributed by atoms with E-state index < -0.39 is 42.6 Å². The van der Waals surface area contributed by atoms with Gasteiger partial charge in [0.2, 0.25) is 0 Å². The monoisotopic (exact) mass is 384 g/mol. The number of halogens is 8. The first-order valence-corrected chi connectivity index (χ1v) is 8.17. The maximum absolute atomic E-state index is 14.0. The molecular weight excluding hydrogens is 360 g/mol. The number of nitrogens with zero attached hydrogens (tertiary/aromatic N) is 2. The highest BCUT2D eigenvalue weighted by molar-refractivity contribution is 4.94. The maximum atomic E-state index is 14.0. The number of rotatable bonds is 9. The van der Waals surface area contributed by atoms with Gasteiger partial charge in [-0.25, -0.2) is 13.7 Å². The van der Waals surface area contributed by atoms with Crippen molar-refractivity contribution < 1.29 is 35.1 Å². The lowest BCUT2D eigenvalue weighted by Crippen LogP contribution is -2.52. The van der Waals surface area contributed by atoms with Crippen LogP contribution >= 0.6 is 0 Å². The first-order valence-electron chi connectivity index (χ1n) is 8.17. The van der Waals surface area contributed by atoms with Crippen LogP contribution in [0.2, 0.25) is 0 Å². The van der Waals surface area contributed by atoms with Crippen molar-refractivity contribution in [3.8, 4) is 0 Å². The van der Waals surface area contributed by atoms with Crippen LogP contribution < -0.4 is 0 Å². The second-order valence-electron chi connectivity index (χ2n) is 6.61. The molecule has 0 N–H and O–H groups in total. The van der Waals surface area contributed by atoms with Gasteiger partial charge in [0.25, 0.3) is 5.92 Å². The first kappa shape index (κ1) is 22.4. The standard InChI is InChI=1S/C15H24F8N2/c1-4-11(3)12(16,17)8-13(18,19)14(20,21)9-15(22,23)25-7-6-24(5-2)10-25/h11H,4-10H2,1-3H3. The van der Waals surface area contributed by atoms with Gasteiger partial charge in [0, 0.05) is 19.0 Å². The first-order chi connectivity index (χ1) is 11.2. The molecule has 10 heteroatoms. The van der Waals surface area contributed by atoms with Gasteiger partial charge >= 0.3 is 17.9 Å². The third-order valence-electron chi connectivity index (χ3n) is 4.73. The molecule has 1 atom stereocenters. The zero-order valence-corrected chi connectivity index (χ0v) is 14.4. The van der Waals surface area contributed by atoms with Gasteiger partial charge in [0.1, 0.15) is 0 Å². The summed E-state index contributed by atoms with van der Waals surface area (Å²) in [6, 6.07) is -4.22. The van der Waals surface area contributed by atoms with Crippen molar-refractivity contribution in [2.24, 2.45) is 5.92 Å². The van der Waals surface area contributed by atoms with E-state index in [1.807, 2.05) is 0 Å². The molecule has 0 amide bonds. The largest absolute Gasteiger partial charge is 0.317 e. The third kappa shape index (κ3) is 5.18. The molecule has 1 unspecified atom stereocenters. The van der Waals surface area contributed by atoms with Crippen molar-refractivity contribution in [3.05, 3.63) is 0 Å². The Balaban J connectivity index is 2.87. The fraction of sp³-hybridized carbons (Fsp3) is 1.00. The Bertz CT molecular complexity index is 441. The zero-order valence-electron chi connectivity index (χ0n) is 14.4. The van der Waals surface area contributed by atoms with E-state index in [-0.39, 0.29) is 26.2 Å². The van der Waals surface area contributed by atoms with Crippen LogP contribution in [-0.2, 0) is 0 Å². The normalized spacial score (nSPS) is 20.3. The molecule has 0 aromatic carbocycles. The number of alkyl halides is 8. The third-order valence-corrected chi connectivity index (χ3v) is 4.73. The molecule has 150 valence electrons. The molecule has 1 aliphatic rings. The van der Waals surface area contributed by atoms with E-state index in [0.717, 1.165) is 6.92 Å². The molecule has 2 nitrogen and oxygen atoms in total. The highest BCUT2D eigenvalue weighted by atomic mass is 19.3. The second-order valence-corrected chi connectivity index (χ2v) is 6.61. The van der Waals surface area contributed by atoms with Crippen LogP contribution in [0.3, 0.4) is 0 Å². The van der Waals surface area contributed by atoms with E-state index in [2.05, 4.69) is 0 Å². The smallest absolute Gasteiger partial charge is 0.289 e. The van der Waals surface area contributed by atoms with Gasteiger partial charge in [-0.05, 0) is 13.0 Å². The summed E-state index contributed by atoms with van der Waals surface area (Å²) in [5.41, 5.74) is 0. The molecule has 0 saturated carbocycles. The van der Waals surface area contributed by atoms with E-state index in [4.69, 9.17) is 0 Å². The SMILES string of the molecule is CCC(C)C(F)(F)CC(F)(F)C(F)(F)CC(F)(F)N1CCN(CC)C1. The Labute approximate surface area is 142 Å². The summed E-state index contributed by atoms with van der Waals surface area (Å²) in [7, 11) is 0. The summed E-state index contributed by atoms with van der Waals surface area (Å²) in [5.74, 6) is -16.1. The molecule has 0 radical (unpaired) electrons. The van der Waals surface area contributed by atoms with E-state index in [0.29, 0.717) is 11.4 Å².